The highest BCUT2D eigenvalue weighted by Gasteiger charge is 2.76. The lowest BCUT2D eigenvalue weighted by molar-refractivity contribution is -0.142. The van der Waals surface area contributed by atoms with Gasteiger partial charge in [0.25, 0.3) is 0 Å². The molecule has 2 aromatic rings. The van der Waals surface area contributed by atoms with E-state index in [0.717, 1.165) is 11.1 Å². The molecular formula is C26H28BrN3O5. The Hall–Kier alpha value is -2.75. The Bertz CT molecular complexity index is 1100. The van der Waals surface area contributed by atoms with Crippen LogP contribution < -0.4 is 10.6 Å². The van der Waals surface area contributed by atoms with Crippen LogP contribution in [-0.2, 0) is 32.2 Å². The van der Waals surface area contributed by atoms with Crippen molar-refractivity contribution in [2.45, 2.75) is 42.1 Å². The average Bonchev–Trinajstić information content (AvgIpc) is 3.46. The van der Waals surface area contributed by atoms with E-state index in [1.54, 1.807) is 0 Å². The Labute approximate surface area is 212 Å². The molecule has 9 heteroatoms. The number of nitrogens with zero attached hydrogens (tertiary/aromatic N) is 1. The number of alkyl halides is 1. The fraction of sp³-hybridized carbons (Fsp3) is 0.423. The minimum Gasteiger partial charge on any atom is -0.395 e. The number of hydrogen-bond donors (Lipinski definition) is 3. The summed E-state index contributed by atoms with van der Waals surface area (Å²) in [7, 11) is 0. The number of aliphatic hydroxyl groups is 1. The first-order valence-electron chi connectivity index (χ1n) is 11.8. The van der Waals surface area contributed by atoms with Crippen LogP contribution in [0.3, 0.4) is 0 Å². The molecule has 0 saturated carbocycles. The molecular weight excluding hydrogens is 514 g/mol. The Morgan fingerprint density at radius 3 is 2.14 bits per heavy atom. The molecule has 3 unspecified atom stereocenters. The zero-order chi connectivity index (χ0) is 24.6. The Balaban J connectivity index is 1.39. The van der Waals surface area contributed by atoms with E-state index < -0.39 is 29.6 Å². The lowest BCUT2D eigenvalue weighted by Crippen LogP contribution is -2.56. The molecule has 2 aromatic carbocycles. The molecule has 3 fully saturated rings. The predicted octanol–water partition coefficient (Wildman–Crippen LogP) is 1.36. The van der Waals surface area contributed by atoms with Crippen LogP contribution in [0.25, 0.3) is 0 Å². The van der Waals surface area contributed by atoms with Gasteiger partial charge in [-0.25, -0.2) is 0 Å². The number of aliphatic hydroxyl groups excluding tert-OH is 1. The van der Waals surface area contributed by atoms with Crippen molar-refractivity contribution in [3.63, 3.8) is 0 Å². The predicted molar refractivity (Wildman–Crippen MR) is 131 cm³/mol. The van der Waals surface area contributed by atoms with Crippen LogP contribution in [-0.4, -0.2) is 63.5 Å². The molecule has 5 rings (SSSR count). The molecule has 0 radical (unpaired) electrons. The van der Waals surface area contributed by atoms with E-state index in [0.29, 0.717) is 19.5 Å². The minimum absolute atomic E-state index is 0.000158. The van der Waals surface area contributed by atoms with Crippen LogP contribution in [0.1, 0.15) is 17.5 Å². The fourth-order valence-electron chi connectivity index (χ4n) is 5.86. The van der Waals surface area contributed by atoms with Gasteiger partial charge in [0.1, 0.15) is 11.6 Å². The van der Waals surface area contributed by atoms with Gasteiger partial charge in [0.2, 0.25) is 17.7 Å². The zero-order valence-electron chi connectivity index (χ0n) is 19.1. The first kappa shape index (κ1) is 24.0. The number of hydrogen-bond acceptors (Lipinski definition) is 5. The molecule has 3 aliphatic heterocycles. The van der Waals surface area contributed by atoms with Crippen molar-refractivity contribution < 1.29 is 24.2 Å². The topological polar surface area (TPSA) is 108 Å². The molecule has 2 bridgehead atoms. The van der Waals surface area contributed by atoms with E-state index in [4.69, 9.17) is 4.74 Å². The van der Waals surface area contributed by atoms with E-state index in [1.165, 1.54) is 4.90 Å². The molecule has 0 aliphatic carbocycles. The van der Waals surface area contributed by atoms with Gasteiger partial charge < -0.3 is 25.4 Å². The Morgan fingerprint density at radius 2 is 1.57 bits per heavy atom. The molecule has 0 aromatic heterocycles. The lowest BCUT2D eigenvalue weighted by atomic mass is 9.70. The number of likely N-dealkylation sites (tertiary alicyclic amines) is 1. The summed E-state index contributed by atoms with van der Waals surface area (Å²) < 4.78 is 6.40. The summed E-state index contributed by atoms with van der Waals surface area (Å²) in [5.74, 6) is -2.43. The summed E-state index contributed by atoms with van der Waals surface area (Å²) in [5.41, 5.74) is 0.759. The number of fused-ring (bicyclic) bond motifs is 1. The van der Waals surface area contributed by atoms with Crippen molar-refractivity contribution in [1.82, 2.24) is 15.5 Å². The van der Waals surface area contributed by atoms with Crippen molar-refractivity contribution in [2.24, 2.45) is 11.8 Å². The van der Waals surface area contributed by atoms with E-state index in [1.807, 2.05) is 60.7 Å². The van der Waals surface area contributed by atoms with Crippen LogP contribution in [0.5, 0.6) is 0 Å². The van der Waals surface area contributed by atoms with Gasteiger partial charge in [-0.15, -0.1) is 0 Å². The SMILES string of the molecule is O=C(NCc1ccccc1)C1N(CCO)C(=O)[C@@H]2[C@H](C(=O)NCc3ccccc3)[C@H]3OC12CC3Br. The number of carbonyl (C=O) groups excluding carboxylic acids is 3. The average molecular weight is 542 g/mol. The highest BCUT2D eigenvalue weighted by molar-refractivity contribution is 9.09. The number of ether oxygens (including phenoxy) is 1. The second kappa shape index (κ2) is 9.72. The molecule has 1 spiro atoms. The quantitative estimate of drug-likeness (QED) is 0.437. The normalized spacial score (nSPS) is 30.9. The van der Waals surface area contributed by atoms with Crippen molar-refractivity contribution in [1.29, 1.82) is 0 Å². The van der Waals surface area contributed by atoms with E-state index in [-0.39, 0.29) is 35.7 Å². The lowest BCUT2D eigenvalue weighted by Gasteiger charge is -2.34. The summed E-state index contributed by atoms with van der Waals surface area (Å²) >= 11 is 3.65. The minimum atomic E-state index is -1.12. The number of halogens is 1. The van der Waals surface area contributed by atoms with Crippen LogP contribution in [0.2, 0.25) is 0 Å². The van der Waals surface area contributed by atoms with Gasteiger partial charge in [0, 0.05) is 24.5 Å². The zero-order valence-corrected chi connectivity index (χ0v) is 20.7. The van der Waals surface area contributed by atoms with Gasteiger partial charge in [-0.1, -0.05) is 76.6 Å². The van der Waals surface area contributed by atoms with Gasteiger partial charge in [0.15, 0.2) is 0 Å². The smallest absolute Gasteiger partial charge is 0.246 e. The van der Waals surface area contributed by atoms with Crippen LogP contribution in [0.4, 0.5) is 0 Å². The maximum atomic E-state index is 13.6. The second-order valence-corrected chi connectivity index (χ2v) is 10.5. The van der Waals surface area contributed by atoms with Crippen molar-refractivity contribution >= 4 is 33.7 Å². The van der Waals surface area contributed by atoms with Crippen LogP contribution >= 0.6 is 15.9 Å². The molecule has 35 heavy (non-hydrogen) atoms. The molecule has 6 atom stereocenters. The summed E-state index contributed by atoms with van der Waals surface area (Å²) in [5, 5.41) is 15.6. The first-order valence-corrected chi connectivity index (χ1v) is 12.7. The maximum absolute atomic E-state index is 13.6. The third kappa shape index (κ3) is 4.15. The first-order chi connectivity index (χ1) is 17.0. The van der Waals surface area contributed by atoms with Crippen molar-refractivity contribution in [2.75, 3.05) is 13.2 Å². The Morgan fingerprint density at radius 1 is 1.00 bits per heavy atom. The third-order valence-electron chi connectivity index (χ3n) is 7.30. The molecule has 3 amide bonds. The Kier molecular flexibility index (Phi) is 6.65. The van der Waals surface area contributed by atoms with Crippen molar-refractivity contribution in [3.05, 3.63) is 71.8 Å². The summed E-state index contributed by atoms with van der Waals surface area (Å²) in [6.07, 6.45) is -0.0811. The third-order valence-corrected chi connectivity index (χ3v) is 8.15. The molecule has 3 heterocycles. The van der Waals surface area contributed by atoms with E-state index in [9.17, 15) is 19.5 Å². The summed E-state index contributed by atoms with van der Waals surface area (Å²) in [6.45, 7) is 0.355. The largest absolute Gasteiger partial charge is 0.395 e. The monoisotopic (exact) mass is 541 g/mol. The molecule has 8 nitrogen and oxygen atoms in total. The maximum Gasteiger partial charge on any atom is 0.246 e. The number of rotatable bonds is 8. The number of β-amino-alcohol motifs (C(OH)–C–C–N with tert-alkyl or cyclic N) is 1. The van der Waals surface area contributed by atoms with E-state index in [2.05, 4.69) is 26.6 Å². The number of benzene rings is 2. The number of amides is 3. The molecule has 184 valence electrons. The summed E-state index contributed by atoms with van der Waals surface area (Å²) in [4.78, 5) is 41.7. The number of nitrogens with one attached hydrogen (secondary N) is 2. The van der Waals surface area contributed by atoms with Gasteiger partial charge in [0.05, 0.1) is 24.5 Å². The van der Waals surface area contributed by atoms with Crippen LogP contribution in [0, 0.1) is 11.8 Å². The standard InChI is InChI=1S/C26H28BrN3O5/c27-18-13-26-20(19(21(18)35-26)23(32)28-14-16-7-3-1-4-8-16)25(34)30(11-12-31)22(26)24(33)29-15-17-9-5-2-6-10-17/h1-10,18-22,31H,11-15H2,(H,28,32)(H,29,33)/t18?,19-,20-,21-,22?,26?/m0/s1. The highest BCUT2D eigenvalue weighted by atomic mass is 79.9. The molecule has 3 saturated heterocycles. The van der Waals surface area contributed by atoms with Gasteiger partial charge >= 0.3 is 0 Å². The number of carbonyl (C=O) groups is 3. The van der Waals surface area contributed by atoms with Gasteiger partial charge in [-0.3, -0.25) is 14.4 Å². The second-order valence-electron chi connectivity index (χ2n) is 9.33. The van der Waals surface area contributed by atoms with Gasteiger partial charge in [-0.2, -0.15) is 0 Å². The molecule has 3 aliphatic rings. The molecule has 3 N–H and O–H groups in total. The highest BCUT2D eigenvalue weighted by Crippen LogP contribution is 2.59. The summed E-state index contributed by atoms with van der Waals surface area (Å²) in [6, 6.07) is 18.1. The van der Waals surface area contributed by atoms with Crippen LogP contribution in [0.15, 0.2) is 60.7 Å². The van der Waals surface area contributed by atoms with E-state index >= 15 is 0 Å². The van der Waals surface area contributed by atoms with Crippen molar-refractivity contribution in [3.8, 4) is 0 Å². The fourth-order valence-corrected chi connectivity index (χ4v) is 6.81. The van der Waals surface area contributed by atoms with Gasteiger partial charge in [-0.05, 0) is 17.5 Å².